The molecule has 0 aromatic heterocycles. The van der Waals surface area contributed by atoms with E-state index in [1.54, 1.807) is 0 Å². The summed E-state index contributed by atoms with van der Waals surface area (Å²) in [7, 11) is 0. The molecule has 0 unspecified atom stereocenters. The molecule has 1 heteroatoms. The molecule has 0 heterocycles. The summed E-state index contributed by atoms with van der Waals surface area (Å²) in [6.07, 6.45) is 2.39. The minimum Gasteiger partial charge on any atom is -0.493 e. The Balaban J connectivity index is 2.41. The zero-order chi connectivity index (χ0) is 10.4. The fourth-order valence-electron chi connectivity index (χ4n) is 1.37. The standard InChI is InChI=1S/C13H20O/c1-4-12(5-2)10-14-13-8-6-11(3)7-9-13/h6-9,12H,4-5,10H2,1-3H3. The number of hydrogen-bond donors (Lipinski definition) is 0. The third kappa shape index (κ3) is 3.41. The maximum absolute atomic E-state index is 5.70. The number of benzene rings is 1. The highest BCUT2D eigenvalue weighted by Gasteiger charge is 2.03. The molecule has 0 saturated heterocycles. The van der Waals surface area contributed by atoms with E-state index in [9.17, 15) is 0 Å². The molecule has 0 N–H and O–H groups in total. The lowest BCUT2D eigenvalue weighted by Gasteiger charge is -2.13. The van der Waals surface area contributed by atoms with E-state index >= 15 is 0 Å². The van der Waals surface area contributed by atoms with Gasteiger partial charge in [-0.3, -0.25) is 0 Å². The van der Waals surface area contributed by atoms with Crippen molar-refractivity contribution in [2.45, 2.75) is 33.6 Å². The Bertz CT molecular complexity index is 246. The van der Waals surface area contributed by atoms with Gasteiger partial charge >= 0.3 is 0 Å². The van der Waals surface area contributed by atoms with E-state index in [0.29, 0.717) is 5.92 Å². The average molecular weight is 192 g/mol. The number of hydrogen-bond acceptors (Lipinski definition) is 1. The Morgan fingerprint density at radius 3 is 2.14 bits per heavy atom. The van der Waals surface area contributed by atoms with Gasteiger partial charge < -0.3 is 4.74 Å². The van der Waals surface area contributed by atoms with Crippen molar-refractivity contribution in [2.24, 2.45) is 5.92 Å². The molecule has 0 aliphatic carbocycles. The van der Waals surface area contributed by atoms with Crippen molar-refractivity contribution in [1.82, 2.24) is 0 Å². The van der Waals surface area contributed by atoms with Crippen molar-refractivity contribution >= 4 is 0 Å². The normalized spacial score (nSPS) is 10.6. The highest BCUT2D eigenvalue weighted by atomic mass is 16.5. The fraction of sp³-hybridized carbons (Fsp3) is 0.538. The molecule has 0 bridgehead atoms. The van der Waals surface area contributed by atoms with Crippen molar-refractivity contribution < 1.29 is 4.74 Å². The van der Waals surface area contributed by atoms with Crippen molar-refractivity contribution in [2.75, 3.05) is 6.61 Å². The van der Waals surface area contributed by atoms with Crippen LogP contribution in [0.5, 0.6) is 5.75 Å². The number of aryl methyl sites for hydroxylation is 1. The quantitative estimate of drug-likeness (QED) is 0.689. The minimum absolute atomic E-state index is 0.691. The fourth-order valence-corrected chi connectivity index (χ4v) is 1.37. The second kappa shape index (κ2) is 5.69. The molecule has 0 aliphatic heterocycles. The Morgan fingerprint density at radius 1 is 1.07 bits per heavy atom. The molecule has 1 aromatic rings. The lowest BCUT2D eigenvalue weighted by molar-refractivity contribution is 0.240. The maximum Gasteiger partial charge on any atom is 0.119 e. The Morgan fingerprint density at radius 2 is 1.64 bits per heavy atom. The molecule has 0 amide bonds. The first-order valence-electron chi connectivity index (χ1n) is 5.45. The molecular weight excluding hydrogens is 172 g/mol. The zero-order valence-electron chi connectivity index (χ0n) is 9.42. The van der Waals surface area contributed by atoms with Crippen molar-refractivity contribution in [3.8, 4) is 5.75 Å². The van der Waals surface area contributed by atoms with E-state index in [2.05, 4.69) is 32.9 Å². The first kappa shape index (κ1) is 11.1. The van der Waals surface area contributed by atoms with Crippen LogP contribution in [0.1, 0.15) is 32.3 Å². The van der Waals surface area contributed by atoms with Crippen LogP contribution in [0.4, 0.5) is 0 Å². The van der Waals surface area contributed by atoms with Gasteiger partial charge in [-0.25, -0.2) is 0 Å². The molecule has 14 heavy (non-hydrogen) atoms. The van der Waals surface area contributed by atoms with Crippen LogP contribution in [0.2, 0.25) is 0 Å². The first-order chi connectivity index (χ1) is 6.76. The SMILES string of the molecule is CCC(CC)COc1ccc(C)cc1. The highest BCUT2D eigenvalue weighted by molar-refractivity contribution is 5.26. The van der Waals surface area contributed by atoms with Crippen molar-refractivity contribution in [3.05, 3.63) is 29.8 Å². The van der Waals surface area contributed by atoms with Gasteiger partial charge in [-0.2, -0.15) is 0 Å². The summed E-state index contributed by atoms with van der Waals surface area (Å²) in [5, 5.41) is 0. The van der Waals surface area contributed by atoms with Gasteiger partial charge in [0.05, 0.1) is 6.61 Å². The molecule has 0 radical (unpaired) electrons. The molecule has 0 atom stereocenters. The smallest absolute Gasteiger partial charge is 0.119 e. The summed E-state index contributed by atoms with van der Waals surface area (Å²) in [6.45, 7) is 7.36. The van der Waals surface area contributed by atoms with Crippen LogP contribution in [0.25, 0.3) is 0 Å². The molecule has 1 rings (SSSR count). The van der Waals surface area contributed by atoms with E-state index in [0.717, 1.165) is 12.4 Å². The van der Waals surface area contributed by atoms with Gasteiger partial charge in [0.15, 0.2) is 0 Å². The van der Waals surface area contributed by atoms with Gasteiger partial charge in [0, 0.05) is 0 Å². The summed E-state index contributed by atoms with van der Waals surface area (Å²) >= 11 is 0. The molecule has 0 saturated carbocycles. The van der Waals surface area contributed by atoms with Crippen LogP contribution in [0, 0.1) is 12.8 Å². The number of ether oxygens (including phenoxy) is 1. The van der Waals surface area contributed by atoms with Crippen LogP contribution < -0.4 is 4.74 Å². The highest BCUT2D eigenvalue weighted by Crippen LogP contribution is 2.14. The Labute approximate surface area is 87.1 Å². The van der Waals surface area contributed by atoms with E-state index in [1.165, 1.54) is 18.4 Å². The van der Waals surface area contributed by atoms with E-state index < -0.39 is 0 Å². The minimum atomic E-state index is 0.691. The molecule has 78 valence electrons. The van der Waals surface area contributed by atoms with E-state index in [4.69, 9.17) is 4.74 Å². The van der Waals surface area contributed by atoms with Crippen LogP contribution in [-0.4, -0.2) is 6.61 Å². The molecule has 0 aliphatic rings. The molecule has 0 fully saturated rings. The van der Waals surface area contributed by atoms with Crippen molar-refractivity contribution in [1.29, 1.82) is 0 Å². The third-order valence-corrected chi connectivity index (χ3v) is 2.66. The van der Waals surface area contributed by atoms with Gasteiger partial charge in [-0.1, -0.05) is 44.4 Å². The molecular formula is C13H20O. The second-order valence-corrected chi connectivity index (χ2v) is 3.81. The van der Waals surface area contributed by atoms with Crippen molar-refractivity contribution in [3.63, 3.8) is 0 Å². The van der Waals surface area contributed by atoms with Crippen LogP contribution in [-0.2, 0) is 0 Å². The summed E-state index contributed by atoms with van der Waals surface area (Å²) in [5.41, 5.74) is 1.28. The molecule has 0 spiro atoms. The summed E-state index contributed by atoms with van der Waals surface area (Å²) in [4.78, 5) is 0. The zero-order valence-corrected chi connectivity index (χ0v) is 9.42. The van der Waals surface area contributed by atoms with E-state index in [-0.39, 0.29) is 0 Å². The maximum atomic E-state index is 5.70. The van der Waals surface area contributed by atoms with Crippen LogP contribution in [0.3, 0.4) is 0 Å². The van der Waals surface area contributed by atoms with Crippen LogP contribution >= 0.6 is 0 Å². The van der Waals surface area contributed by atoms with Gasteiger partial charge in [0.25, 0.3) is 0 Å². The lowest BCUT2D eigenvalue weighted by Crippen LogP contribution is -2.09. The lowest BCUT2D eigenvalue weighted by atomic mass is 10.1. The predicted octanol–water partition coefficient (Wildman–Crippen LogP) is 3.81. The first-order valence-corrected chi connectivity index (χ1v) is 5.45. The Kier molecular flexibility index (Phi) is 4.51. The molecule has 1 aromatic carbocycles. The van der Waals surface area contributed by atoms with Gasteiger partial charge in [0.1, 0.15) is 5.75 Å². The second-order valence-electron chi connectivity index (χ2n) is 3.81. The van der Waals surface area contributed by atoms with Gasteiger partial charge in [-0.15, -0.1) is 0 Å². The average Bonchev–Trinajstić information content (AvgIpc) is 2.22. The third-order valence-electron chi connectivity index (χ3n) is 2.66. The molecule has 1 nitrogen and oxygen atoms in total. The monoisotopic (exact) mass is 192 g/mol. The van der Waals surface area contributed by atoms with Gasteiger partial charge in [0.2, 0.25) is 0 Å². The van der Waals surface area contributed by atoms with Crippen LogP contribution in [0.15, 0.2) is 24.3 Å². The summed E-state index contributed by atoms with van der Waals surface area (Å²) < 4.78 is 5.70. The van der Waals surface area contributed by atoms with E-state index in [1.807, 2.05) is 12.1 Å². The number of rotatable bonds is 5. The Hall–Kier alpha value is -0.980. The summed E-state index contributed by atoms with van der Waals surface area (Å²) in [6, 6.07) is 8.25. The topological polar surface area (TPSA) is 9.23 Å². The predicted molar refractivity (Wildman–Crippen MR) is 60.7 cm³/mol. The summed E-state index contributed by atoms with van der Waals surface area (Å²) in [5.74, 6) is 1.68. The van der Waals surface area contributed by atoms with Gasteiger partial charge in [-0.05, 0) is 25.0 Å². The largest absolute Gasteiger partial charge is 0.493 e.